The van der Waals surface area contributed by atoms with Crippen LogP contribution >= 0.6 is 11.6 Å². The molecule has 1 atom stereocenters. The molecule has 0 bridgehead atoms. The van der Waals surface area contributed by atoms with Crippen molar-refractivity contribution in [2.75, 3.05) is 0 Å². The van der Waals surface area contributed by atoms with E-state index in [2.05, 4.69) is 6.58 Å². The fourth-order valence-electron chi connectivity index (χ4n) is 1.31. The smallest absolute Gasteiger partial charge is 0.324 e. The van der Waals surface area contributed by atoms with Gasteiger partial charge in [-0.25, -0.2) is 0 Å². The number of nitrogens with two attached hydrogens (primary N) is 1. The predicted octanol–water partition coefficient (Wildman–Crippen LogP) is 3.93. The van der Waals surface area contributed by atoms with Crippen LogP contribution in [0.5, 0.6) is 0 Å². The van der Waals surface area contributed by atoms with E-state index in [1.54, 1.807) is 6.08 Å². The monoisotopic (exact) mass is 249 g/mol. The molecule has 1 nitrogen and oxygen atoms in total. The summed E-state index contributed by atoms with van der Waals surface area (Å²) >= 11 is 5.80. The van der Waals surface area contributed by atoms with Crippen molar-refractivity contribution in [1.29, 1.82) is 0 Å². The minimum atomic E-state index is -4.38. The van der Waals surface area contributed by atoms with E-state index in [4.69, 9.17) is 17.3 Å². The number of rotatable bonds is 3. The zero-order valence-corrected chi connectivity index (χ0v) is 9.15. The molecule has 16 heavy (non-hydrogen) atoms. The summed E-state index contributed by atoms with van der Waals surface area (Å²) in [4.78, 5) is 0. The van der Waals surface area contributed by atoms with Gasteiger partial charge in [0.05, 0.1) is 5.56 Å². The lowest BCUT2D eigenvalue weighted by Crippen LogP contribution is -2.12. The van der Waals surface area contributed by atoms with Crippen LogP contribution < -0.4 is 5.73 Å². The molecule has 1 rings (SSSR count). The van der Waals surface area contributed by atoms with E-state index in [1.807, 2.05) is 0 Å². The molecule has 0 spiro atoms. The summed E-state index contributed by atoms with van der Waals surface area (Å²) in [6.07, 6.45) is -2.46. The van der Waals surface area contributed by atoms with Gasteiger partial charge < -0.3 is 5.73 Å². The summed E-state index contributed by atoms with van der Waals surface area (Å²) in [5.74, 6) is 0. The molecule has 0 aliphatic heterocycles. The standard InChI is InChI=1S/C11H11ClF3N/c1-2-3-10(16)8-6-7(11(13,14)15)4-5-9(8)12/h2,4-6,10H,1,3,16H2/t10-/m1/s1. The van der Waals surface area contributed by atoms with Gasteiger partial charge in [-0.15, -0.1) is 6.58 Å². The van der Waals surface area contributed by atoms with Gasteiger partial charge in [0.15, 0.2) is 0 Å². The van der Waals surface area contributed by atoms with E-state index in [9.17, 15) is 13.2 Å². The van der Waals surface area contributed by atoms with Gasteiger partial charge in [0.1, 0.15) is 0 Å². The highest BCUT2D eigenvalue weighted by atomic mass is 35.5. The molecule has 0 saturated heterocycles. The van der Waals surface area contributed by atoms with Crippen LogP contribution in [0.25, 0.3) is 0 Å². The maximum absolute atomic E-state index is 12.4. The molecular formula is C11H11ClF3N. The highest BCUT2D eigenvalue weighted by Crippen LogP contribution is 2.33. The van der Waals surface area contributed by atoms with Crippen LogP contribution in [0, 0.1) is 0 Å². The fraction of sp³-hybridized carbons (Fsp3) is 0.273. The third kappa shape index (κ3) is 3.00. The molecular weight excluding hydrogens is 239 g/mol. The Morgan fingerprint density at radius 3 is 2.56 bits per heavy atom. The number of hydrogen-bond acceptors (Lipinski definition) is 1. The molecule has 2 N–H and O–H groups in total. The second kappa shape index (κ2) is 4.89. The molecule has 88 valence electrons. The Morgan fingerprint density at radius 2 is 2.06 bits per heavy atom. The lowest BCUT2D eigenvalue weighted by atomic mass is 10.0. The number of benzene rings is 1. The Hall–Kier alpha value is -1.00. The molecule has 0 radical (unpaired) electrons. The third-order valence-corrected chi connectivity index (χ3v) is 2.49. The van der Waals surface area contributed by atoms with Crippen molar-refractivity contribution in [3.63, 3.8) is 0 Å². The molecule has 1 aromatic rings. The minimum absolute atomic E-state index is 0.238. The zero-order chi connectivity index (χ0) is 12.3. The summed E-state index contributed by atoms with van der Waals surface area (Å²) in [7, 11) is 0. The van der Waals surface area contributed by atoms with E-state index in [0.29, 0.717) is 6.42 Å². The van der Waals surface area contributed by atoms with Gasteiger partial charge in [-0.1, -0.05) is 17.7 Å². The number of alkyl halides is 3. The van der Waals surface area contributed by atoms with E-state index in [-0.39, 0.29) is 10.6 Å². The second-order valence-electron chi connectivity index (χ2n) is 3.36. The first-order valence-electron chi connectivity index (χ1n) is 4.59. The van der Waals surface area contributed by atoms with Gasteiger partial charge >= 0.3 is 6.18 Å². The fourth-order valence-corrected chi connectivity index (χ4v) is 1.57. The first-order chi connectivity index (χ1) is 7.36. The Balaban J connectivity index is 3.13. The van der Waals surface area contributed by atoms with Crippen molar-refractivity contribution in [3.05, 3.63) is 47.0 Å². The van der Waals surface area contributed by atoms with Crippen molar-refractivity contribution < 1.29 is 13.2 Å². The second-order valence-corrected chi connectivity index (χ2v) is 3.77. The van der Waals surface area contributed by atoms with Gasteiger partial charge in [-0.3, -0.25) is 0 Å². The highest BCUT2D eigenvalue weighted by molar-refractivity contribution is 6.31. The Labute approximate surface area is 96.7 Å². The van der Waals surface area contributed by atoms with Crippen LogP contribution in [0.4, 0.5) is 13.2 Å². The Morgan fingerprint density at radius 1 is 1.44 bits per heavy atom. The molecule has 0 fully saturated rings. The van der Waals surface area contributed by atoms with Crippen LogP contribution in [0.15, 0.2) is 30.9 Å². The average Bonchev–Trinajstić information content (AvgIpc) is 2.16. The Kier molecular flexibility index (Phi) is 3.99. The van der Waals surface area contributed by atoms with E-state index >= 15 is 0 Å². The molecule has 0 heterocycles. The van der Waals surface area contributed by atoms with E-state index < -0.39 is 17.8 Å². The first kappa shape index (κ1) is 13.1. The molecule has 5 heteroatoms. The molecule has 0 saturated carbocycles. The quantitative estimate of drug-likeness (QED) is 0.807. The van der Waals surface area contributed by atoms with Crippen LogP contribution in [0.1, 0.15) is 23.6 Å². The van der Waals surface area contributed by atoms with Crippen molar-refractivity contribution in [1.82, 2.24) is 0 Å². The van der Waals surface area contributed by atoms with Gasteiger partial charge in [0.2, 0.25) is 0 Å². The summed E-state index contributed by atoms with van der Waals surface area (Å²) in [6.45, 7) is 3.48. The lowest BCUT2D eigenvalue weighted by molar-refractivity contribution is -0.137. The van der Waals surface area contributed by atoms with Crippen LogP contribution in [0.3, 0.4) is 0 Å². The summed E-state index contributed by atoms with van der Waals surface area (Å²) in [5, 5.41) is 0.238. The van der Waals surface area contributed by atoms with Gasteiger partial charge in [0, 0.05) is 11.1 Å². The first-order valence-corrected chi connectivity index (χ1v) is 4.97. The van der Waals surface area contributed by atoms with Crippen LogP contribution in [-0.4, -0.2) is 0 Å². The van der Waals surface area contributed by atoms with E-state index in [0.717, 1.165) is 12.1 Å². The van der Waals surface area contributed by atoms with Gasteiger partial charge in [-0.05, 0) is 30.2 Å². The van der Waals surface area contributed by atoms with Crippen molar-refractivity contribution in [2.24, 2.45) is 5.73 Å². The molecule has 0 aromatic heterocycles. The zero-order valence-electron chi connectivity index (χ0n) is 8.39. The minimum Gasteiger partial charge on any atom is -0.324 e. The molecule has 1 aromatic carbocycles. The summed E-state index contributed by atoms with van der Waals surface area (Å²) < 4.78 is 37.3. The van der Waals surface area contributed by atoms with Gasteiger partial charge in [-0.2, -0.15) is 13.2 Å². The highest BCUT2D eigenvalue weighted by Gasteiger charge is 2.31. The summed E-state index contributed by atoms with van der Waals surface area (Å²) in [6, 6.07) is 2.57. The van der Waals surface area contributed by atoms with Crippen LogP contribution in [-0.2, 0) is 6.18 Å². The average molecular weight is 250 g/mol. The molecule has 0 unspecified atom stereocenters. The van der Waals surface area contributed by atoms with Crippen LogP contribution in [0.2, 0.25) is 5.02 Å². The van der Waals surface area contributed by atoms with Crippen molar-refractivity contribution in [2.45, 2.75) is 18.6 Å². The normalized spacial score (nSPS) is 13.6. The molecule has 0 aliphatic carbocycles. The van der Waals surface area contributed by atoms with Gasteiger partial charge in [0.25, 0.3) is 0 Å². The third-order valence-electron chi connectivity index (χ3n) is 2.14. The molecule has 0 amide bonds. The number of hydrogen-bond donors (Lipinski definition) is 1. The topological polar surface area (TPSA) is 26.0 Å². The SMILES string of the molecule is C=CC[C@@H](N)c1cc(C(F)(F)F)ccc1Cl. The maximum Gasteiger partial charge on any atom is 0.416 e. The lowest BCUT2D eigenvalue weighted by Gasteiger charge is -2.14. The van der Waals surface area contributed by atoms with Crippen molar-refractivity contribution in [3.8, 4) is 0 Å². The predicted molar refractivity (Wildman–Crippen MR) is 58.2 cm³/mol. The summed E-state index contributed by atoms with van der Waals surface area (Å²) in [5.41, 5.74) is 5.24. The largest absolute Gasteiger partial charge is 0.416 e. The van der Waals surface area contributed by atoms with Crippen molar-refractivity contribution >= 4 is 11.6 Å². The maximum atomic E-state index is 12.4. The molecule has 0 aliphatic rings. The number of halogens is 4. The Bertz CT molecular complexity index is 387. The van der Waals surface area contributed by atoms with E-state index in [1.165, 1.54) is 6.07 Å².